The van der Waals surface area contributed by atoms with Crippen molar-refractivity contribution >= 4 is 86.2 Å². The van der Waals surface area contributed by atoms with E-state index in [0.717, 1.165) is 65.3 Å². The lowest BCUT2D eigenvalue weighted by atomic mass is 9.87. The van der Waals surface area contributed by atoms with Crippen LogP contribution in [-0.2, 0) is 0 Å². The maximum Gasteiger partial charge on any atom is 0.0403 e. The molecular weight excluding hydrogens is 721 g/mol. The largest absolute Gasteiger partial charge is 0.101 e. The molecule has 10 aromatic rings. The van der Waals surface area contributed by atoms with Crippen LogP contribution in [0.5, 0.6) is 0 Å². The Labute approximate surface area is 352 Å². The van der Waals surface area contributed by atoms with Crippen LogP contribution in [0.15, 0.2) is 109 Å². The maximum absolute atomic E-state index is 3.53. The van der Waals surface area contributed by atoms with Gasteiger partial charge in [-0.3, -0.25) is 0 Å². The summed E-state index contributed by atoms with van der Waals surface area (Å²) in [7, 11) is 0. The zero-order valence-corrected chi connectivity index (χ0v) is 35.4. The first-order valence-corrected chi connectivity index (χ1v) is 20.7. The van der Waals surface area contributed by atoms with E-state index in [1.54, 1.807) is 0 Å². The Morgan fingerprint density at radius 2 is 0.467 bits per heavy atom. The minimum Gasteiger partial charge on any atom is -0.101 e. The maximum atomic E-state index is 3.53. The van der Waals surface area contributed by atoms with E-state index in [1.807, 2.05) is 27.7 Å². The molecule has 0 atom stereocenters. The highest BCUT2D eigenvalue weighted by molar-refractivity contribution is 6.18. The van der Waals surface area contributed by atoms with Gasteiger partial charge in [0.15, 0.2) is 0 Å². The lowest BCUT2D eigenvalue weighted by Gasteiger charge is -2.15. The molecule has 0 heterocycles. The Balaban J connectivity index is 1.19. The van der Waals surface area contributed by atoms with Gasteiger partial charge in [-0.2, -0.15) is 0 Å². The zero-order valence-electron chi connectivity index (χ0n) is 35.4. The van der Waals surface area contributed by atoms with Gasteiger partial charge in [-0.1, -0.05) is 72.2 Å². The van der Waals surface area contributed by atoms with E-state index in [0.29, 0.717) is 0 Å². The quantitative estimate of drug-likeness (QED) is 0.115. The van der Waals surface area contributed by atoms with Crippen LogP contribution in [0, 0.1) is 75.1 Å². The summed E-state index contributed by atoms with van der Waals surface area (Å²) in [5.41, 5.74) is 11.7. The van der Waals surface area contributed by atoms with Crippen LogP contribution in [0.2, 0.25) is 0 Å². The highest BCUT2D eigenvalue weighted by Gasteiger charge is 2.18. The van der Waals surface area contributed by atoms with Gasteiger partial charge in [-0.25, -0.2) is 0 Å². The molecule has 60 heavy (non-hydrogen) atoms. The van der Waals surface area contributed by atoms with Gasteiger partial charge < -0.3 is 0 Å². The highest BCUT2D eigenvalue weighted by atomic mass is 14.2. The van der Waals surface area contributed by atoms with Crippen molar-refractivity contribution in [1.82, 2.24) is 0 Å². The normalized spacial score (nSPS) is 11.1. The molecule has 0 aromatic heterocycles. The van der Waals surface area contributed by atoms with E-state index in [-0.39, 0.29) is 0 Å². The second-order valence-corrected chi connectivity index (χ2v) is 16.3. The van der Waals surface area contributed by atoms with Gasteiger partial charge in [0.2, 0.25) is 0 Å². The first-order valence-electron chi connectivity index (χ1n) is 20.7. The third-order valence-corrected chi connectivity index (χ3v) is 12.6. The average molecular weight is 763 g/mol. The molecule has 0 radical (unpaired) electrons. The molecule has 0 bridgehead atoms. The summed E-state index contributed by atoms with van der Waals surface area (Å²) < 4.78 is 0. The summed E-state index contributed by atoms with van der Waals surface area (Å²) >= 11 is 0. The van der Waals surface area contributed by atoms with Crippen molar-refractivity contribution in [3.8, 4) is 58.5 Å². The van der Waals surface area contributed by atoms with Crippen molar-refractivity contribution < 1.29 is 0 Å². The molecular formula is C60H42. The van der Waals surface area contributed by atoms with Gasteiger partial charge in [-0.15, -0.1) is 23.7 Å². The molecule has 10 aromatic carbocycles. The molecule has 0 amide bonds. The van der Waals surface area contributed by atoms with Crippen LogP contribution in [0.1, 0.15) is 72.2 Å². The molecule has 0 saturated carbocycles. The number of hydrogen-bond acceptors (Lipinski definition) is 0. The van der Waals surface area contributed by atoms with E-state index in [2.05, 4.69) is 184 Å². The van der Waals surface area contributed by atoms with Crippen LogP contribution in [0.4, 0.5) is 0 Å². The monoisotopic (exact) mass is 762 g/mol. The topological polar surface area (TPSA) is 0 Å². The van der Waals surface area contributed by atoms with Crippen molar-refractivity contribution in [1.29, 1.82) is 0 Å². The van der Waals surface area contributed by atoms with E-state index in [4.69, 9.17) is 0 Å². The smallest absolute Gasteiger partial charge is 0.0403 e. The first kappa shape index (κ1) is 36.8. The molecule has 282 valence electrons. The summed E-state index contributed by atoms with van der Waals surface area (Å²) in [6.45, 7) is 16.4. The number of fused-ring (bicyclic) bond motifs is 8. The lowest BCUT2D eigenvalue weighted by molar-refractivity contribution is 1.37. The van der Waals surface area contributed by atoms with Crippen LogP contribution < -0.4 is 0 Å². The summed E-state index contributed by atoms with van der Waals surface area (Å²) in [5.74, 6) is 27.0. The van der Waals surface area contributed by atoms with E-state index in [1.165, 1.54) is 76.5 Å². The van der Waals surface area contributed by atoms with Crippen LogP contribution in [-0.4, -0.2) is 0 Å². The Morgan fingerprint density at radius 1 is 0.250 bits per heavy atom. The zero-order chi connectivity index (χ0) is 41.4. The minimum absolute atomic E-state index is 1.05. The van der Waals surface area contributed by atoms with Crippen molar-refractivity contribution in [2.75, 3.05) is 0 Å². The van der Waals surface area contributed by atoms with Gasteiger partial charge in [0, 0.05) is 22.3 Å². The molecule has 0 aliphatic heterocycles. The van der Waals surface area contributed by atoms with Gasteiger partial charge in [0.05, 0.1) is 0 Å². The summed E-state index contributed by atoms with van der Waals surface area (Å²) in [6.07, 6.45) is 0. The number of aryl methyl sites for hydroxylation is 4. The van der Waals surface area contributed by atoms with E-state index >= 15 is 0 Å². The molecule has 0 unspecified atom stereocenters. The van der Waals surface area contributed by atoms with Crippen molar-refractivity contribution in [2.45, 2.75) is 55.4 Å². The average Bonchev–Trinajstić information content (AvgIpc) is 3.24. The van der Waals surface area contributed by atoms with Crippen LogP contribution in [0.25, 0.3) is 97.3 Å². The minimum atomic E-state index is 1.05. The highest BCUT2D eigenvalue weighted by Crippen LogP contribution is 2.41. The predicted molar refractivity (Wildman–Crippen MR) is 261 cm³/mol. The van der Waals surface area contributed by atoms with Gasteiger partial charge in [-0.05, 0) is 236 Å². The fourth-order valence-electron chi connectivity index (χ4n) is 9.38. The standard InChI is InChI=1S/C60H42/c1-9-13-49-53-27-41-19-17-39(25-47(41)33-59(53)51(15-11-3)57-31-45-23-37(7)35(5)21-43(45)29-55(49)57)40-18-20-42-28-54-50(14-10-2)56-30-44-22-36(6)38(8)24-46(44)32-58(56)52(16-12-4)60(54)34-48(42)26-40/h17-34H,1-8H3. The second kappa shape index (κ2) is 14.1. The molecule has 10 rings (SSSR count). The fourth-order valence-corrected chi connectivity index (χ4v) is 9.38. The molecule has 0 nitrogen and oxygen atoms in total. The summed E-state index contributed by atoms with van der Waals surface area (Å²) in [4.78, 5) is 0. The lowest BCUT2D eigenvalue weighted by Crippen LogP contribution is -1.93. The summed E-state index contributed by atoms with van der Waals surface area (Å²) in [5, 5.41) is 18.7. The van der Waals surface area contributed by atoms with Crippen molar-refractivity contribution in [3.05, 3.63) is 154 Å². The molecule has 0 N–H and O–H groups in total. The van der Waals surface area contributed by atoms with E-state index in [9.17, 15) is 0 Å². The number of benzene rings is 10. The Kier molecular flexibility index (Phi) is 8.66. The van der Waals surface area contributed by atoms with Gasteiger partial charge in [0.25, 0.3) is 0 Å². The SMILES string of the molecule is CC#Cc1c2cc3ccc(-c4ccc5cc6c(C#CC)c7cc8cc(C)c(C)cc8cc7c(C#CC)c6cc5c4)cc3cc2c(C#CC)c2cc3cc(C)c(C)cc3cc12. The molecule has 0 fully saturated rings. The Morgan fingerprint density at radius 3 is 0.700 bits per heavy atom. The number of rotatable bonds is 1. The number of hydrogen-bond donors (Lipinski definition) is 0. The Bertz CT molecular complexity index is 3600. The summed E-state index contributed by atoms with van der Waals surface area (Å²) in [6, 6.07) is 41.4. The molecule has 0 spiro atoms. The second-order valence-electron chi connectivity index (χ2n) is 16.3. The molecule has 0 aliphatic carbocycles. The fraction of sp³-hybridized carbons (Fsp3) is 0.133. The first-order chi connectivity index (χ1) is 29.2. The van der Waals surface area contributed by atoms with Gasteiger partial charge in [0.1, 0.15) is 0 Å². The molecule has 0 saturated heterocycles. The van der Waals surface area contributed by atoms with Crippen molar-refractivity contribution in [3.63, 3.8) is 0 Å². The predicted octanol–water partition coefficient (Wildman–Crippen LogP) is 15.3. The van der Waals surface area contributed by atoms with Crippen LogP contribution >= 0.6 is 0 Å². The Hall–Kier alpha value is -7.48. The molecule has 0 heteroatoms. The van der Waals surface area contributed by atoms with Crippen LogP contribution in [0.3, 0.4) is 0 Å². The third-order valence-electron chi connectivity index (χ3n) is 12.6. The van der Waals surface area contributed by atoms with Crippen molar-refractivity contribution in [2.24, 2.45) is 0 Å². The van der Waals surface area contributed by atoms with Gasteiger partial charge >= 0.3 is 0 Å². The van der Waals surface area contributed by atoms with E-state index < -0.39 is 0 Å². The molecule has 0 aliphatic rings. The third kappa shape index (κ3) is 5.77.